The quantitative estimate of drug-likeness (QED) is 0.825. The van der Waals surface area contributed by atoms with Gasteiger partial charge in [0.2, 0.25) is 0 Å². The summed E-state index contributed by atoms with van der Waals surface area (Å²) in [4.78, 5) is 19.0. The summed E-state index contributed by atoms with van der Waals surface area (Å²) in [6.07, 6.45) is 7.92. The molecule has 1 aromatic heterocycles. The molecular weight excluding hydrogens is 314 g/mol. The number of urea groups is 1. The summed E-state index contributed by atoms with van der Waals surface area (Å²) in [7, 11) is 0. The van der Waals surface area contributed by atoms with Crippen molar-refractivity contribution in [3.05, 3.63) is 47.5 Å². The predicted octanol–water partition coefficient (Wildman–Crippen LogP) is 3.16. The minimum atomic E-state index is 0.0673. The summed E-state index contributed by atoms with van der Waals surface area (Å²) in [6, 6.07) is 8.74. The van der Waals surface area contributed by atoms with Gasteiger partial charge in [0.25, 0.3) is 0 Å². The normalized spacial score (nSPS) is 21.4. The zero-order valence-corrected chi connectivity index (χ0v) is 14.4. The van der Waals surface area contributed by atoms with Crippen LogP contribution >= 0.6 is 0 Å². The van der Waals surface area contributed by atoms with Crippen molar-refractivity contribution in [2.45, 2.75) is 50.5 Å². The molecule has 1 unspecified atom stereocenters. The number of benzene rings is 1. The van der Waals surface area contributed by atoms with E-state index in [0.29, 0.717) is 5.92 Å². The standard InChI is InChI=1S/C19H25N5O/c25-19(24-11-9-15(10-12-24)18-20-13-21-23-18)22-17-8-4-2-6-14-5-1-3-7-16(14)17/h1,3,5,7,13,15,17H,2,4,6,8-12H2,(H,22,25)(H,20,21,23). The second kappa shape index (κ2) is 7.25. The number of hydrogen-bond acceptors (Lipinski definition) is 3. The van der Waals surface area contributed by atoms with Gasteiger partial charge in [0.15, 0.2) is 0 Å². The van der Waals surface area contributed by atoms with Crippen LogP contribution < -0.4 is 5.32 Å². The van der Waals surface area contributed by atoms with E-state index >= 15 is 0 Å². The lowest BCUT2D eigenvalue weighted by atomic mass is 9.96. The summed E-state index contributed by atoms with van der Waals surface area (Å²) in [5.41, 5.74) is 2.68. The molecular formula is C19H25N5O. The Morgan fingerprint density at radius 2 is 2.00 bits per heavy atom. The van der Waals surface area contributed by atoms with Gasteiger partial charge in [-0.2, -0.15) is 5.10 Å². The highest BCUT2D eigenvalue weighted by Gasteiger charge is 2.27. The Bertz CT molecular complexity index is 706. The second-order valence-electron chi connectivity index (χ2n) is 7.08. The maximum Gasteiger partial charge on any atom is 0.317 e. The topological polar surface area (TPSA) is 73.9 Å². The van der Waals surface area contributed by atoms with Gasteiger partial charge in [-0.1, -0.05) is 30.7 Å². The zero-order valence-electron chi connectivity index (χ0n) is 14.4. The number of carbonyl (C=O) groups excluding carboxylic acids is 1. The Balaban J connectivity index is 1.38. The third-order valence-electron chi connectivity index (χ3n) is 5.52. The zero-order chi connectivity index (χ0) is 17.1. The third kappa shape index (κ3) is 3.52. The maximum absolute atomic E-state index is 12.8. The number of hydrogen-bond donors (Lipinski definition) is 2. The molecule has 0 bridgehead atoms. The van der Waals surface area contributed by atoms with Crippen LogP contribution in [-0.2, 0) is 6.42 Å². The molecule has 6 nitrogen and oxygen atoms in total. The van der Waals surface area contributed by atoms with E-state index in [2.05, 4.69) is 44.8 Å². The number of likely N-dealkylation sites (tertiary alicyclic amines) is 1. The lowest BCUT2D eigenvalue weighted by molar-refractivity contribution is 0.176. The first kappa shape index (κ1) is 16.1. The van der Waals surface area contributed by atoms with Crippen molar-refractivity contribution in [3.63, 3.8) is 0 Å². The molecule has 132 valence electrons. The first-order chi connectivity index (χ1) is 12.3. The van der Waals surface area contributed by atoms with E-state index in [9.17, 15) is 4.79 Å². The fourth-order valence-corrected chi connectivity index (χ4v) is 4.08. The molecule has 1 aliphatic heterocycles. The van der Waals surface area contributed by atoms with Gasteiger partial charge >= 0.3 is 6.03 Å². The number of H-pyrrole nitrogens is 1. The molecule has 6 heteroatoms. The molecule has 0 spiro atoms. The number of aromatic amines is 1. The molecule has 1 fully saturated rings. The summed E-state index contributed by atoms with van der Waals surface area (Å²) in [6.45, 7) is 1.54. The van der Waals surface area contributed by atoms with Crippen LogP contribution in [0.25, 0.3) is 0 Å². The lowest BCUT2D eigenvalue weighted by Gasteiger charge is -2.32. The smallest absolute Gasteiger partial charge is 0.317 e. The average Bonchev–Trinajstić information content (AvgIpc) is 3.12. The van der Waals surface area contributed by atoms with Crippen LogP contribution in [0.4, 0.5) is 4.79 Å². The number of carbonyl (C=O) groups is 1. The molecule has 2 aromatic rings. The molecule has 0 saturated carbocycles. The molecule has 2 N–H and O–H groups in total. The lowest BCUT2D eigenvalue weighted by Crippen LogP contribution is -2.45. The van der Waals surface area contributed by atoms with Crippen LogP contribution in [0, 0.1) is 0 Å². The van der Waals surface area contributed by atoms with E-state index in [0.717, 1.165) is 51.0 Å². The Morgan fingerprint density at radius 1 is 1.16 bits per heavy atom. The Labute approximate surface area is 148 Å². The van der Waals surface area contributed by atoms with Crippen molar-refractivity contribution < 1.29 is 4.79 Å². The third-order valence-corrected chi connectivity index (χ3v) is 5.52. The number of nitrogens with zero attached hydrogens (tertiary/aromatic N) is 3. The average molecular weight is 339 g/mol. The largest absolute Gasteiger partial charge is 0.331 e. The number of rotatable bonds is 2. The number of amides is 2. The van der Waals surface area contributed by atoms with Gasteiger partial charge < -0.3 is 10.2 Å². The fraction of sp³-hybridized carbons (Fsp3) is 0.526. The van der Waals surface area contributed by atoms with Gasteiger partial charge in [0.1, 0.15) is 12.2 Å². The predicted molar refractivity (Wildman–Crippen MR) is 95.2 cm³/mol. The van der Waals surface area contributed by atoms with Crippen LogP contribution in [0.2, 0.25) is 0 Å². The maximum atomic E-state index is 12.8. The molecule has 2 amide bonds. The highest BCUT2D eigenvalue weighted by molar-refractivity contribution is 5.75. The Kier molecular flexibility index (Phi) is 4.68. The number of nitrogens with one attached hydrogen (secondary N) is 2. The van der Waals surface area contributed by atoms with Crippen LogP contribution in [-0.4, -0.2) is 39.2 Å². The molecule has 1 atom stereocenters. The number of aryl methyl sites for hydroxylation is 1. The second-order valence-corrected chi connectivity index (χ2v) is 7.08. The Morgan fingerprint density at radius 3 is 2.80 bits per heavy atom. The monoisotopic (exact) mass is 339 g/mol. The van der Waals surface area contributed by atoms with E-state index in [4.69, 9.17) is 0 Å². The van der Waals surface area contributed by atoms with Gasteiger partial charge in [0, 0.05) is 19.0 Å². The van der Waals surface area contributed by atoms with E-state index < -0.39 is 0 Å². The first-order valence-corrected chi connectivity index (χ1v) is 9.30. The van der Waals surface area contributed by atoms with E-state index in [1.807, 2.05) is 4.90 Å². The number of fused-ring (bicyclic) bond motifs is 1. The number of piperidine rings is 1. The summed E-state index contributed by atoms with van der Waals surface area (Å²) in [5.74, 6) is 1.32. The van der Waals surface area contributed by atoms with Gasteiger partial charge in [-0.05, 0) is 43.2 Å². The van der Waals surface area contributed by atoms with E-state index in [1.165, 1.54) is 17.5 Å². The summed E-state index contributed by atoms with van der Waals surface area (Å²) >= 11 is 0. The van der Waals surface area contributed by atoms with Gasteiger partial charge in [-0.15, -0.1) is 0 Å². The first-order valence-electron chi connectivity index (χ1n) is 9.30. The van der Waals surface area contributed by atoms with Gasteiger partial charge in [0.05, 0.1) is 6.04 Å². The van der Waals surface area contributed by atoms with Crippen molar-refractivity contribution in [2.24, 2.45) is 0 Å². The molecule has 1 saturated heterocycles. The van der Waals surface area contributed by atoms with Crippen molar-refractivity contribution in [2.75, 3.05) is 13.1 Å². The van der Waals surface area contributed by atoms with E-state index in [1.54, 1.807) is 6.33 Å². The van der Waals surface area contributed by atoms with Crippen LogP contribution in [0.15, 0.2) is 30.6 Å². The molecule has 4 rings (SSSR count). The van der Waals surface area contributed by atoms with Crippen LogP contribution in [0.3, 0.4) is 0 Å². The van der Waals surface area contributed by atoms with Crippen molar-refractivity contribution in [1.29, 1.82) is 0 Å². The molecule has 1 aromatic carbocycles. The fourth-order valence-electron chi connectivity index (χ4n) is 4.08. The molecule has 0 radical (unpaired) electrons. The highest BCUT2D eigenvalue weighted by atomic mass is 16.2. The molecule has 25 heavy (non-hydrogen) atoms. The van der Waals surface area contributed by atoms with Crippen molar-refractivity contribution in [3.8, 4) is 0 Å². The Hall–Kier alpha value is -2.37. The minimum absolute atomic E-state index is 0.0673. The molecule has 2 aliphatic rings. The van der Waals surface area contributed by atoms with Gasteiger partial charge in [-0.3, -0.25) is 5.10 Å². The van der Waals surface area contributed by atoms with E-state index in [-0.39, 0.29) is 12.1 Å². The molecule has 2 heterocycles. The van der Waals surface area contributed by atoms with Crippen molar-refractivity contribution >= 4 is 6.03 Å². The molecule has 1 aliphatic carbocycles. The van der Waals surface area contributed by atoms with Crippen LogP contribution in [0.5, 0.6) is 0 Å². The van der Waals surface area contributed by atoms with Crippen molar-refractivity contribution in [1.82, 2.24) is 25.4 Å². The summed E-state index contributed by atoms with van der Waals surface area (Å²) < 4.78 is 0. The van der Waals surface area contributed by atoms with Crippen LogP contribution in [0.1, 0.15) is 61.0 Å². The SMILES string of the molecule is O=C(NC1CCCCc2ccccc21)N1CCC(c2ncn[nH]2)CC1. The number of aromatic nitrogens is 3. The van der Waals surface area contributed by atoms with Gasteiger partial charge in [-0.25, -0.2) is 9.78 Å². The minimum Gasteiger partial charge on any atom is -0.331 e. The highest BCUT2D eigenvalue weighted by Crippen LogP contribution is 2.29. The summed E-state index contributed by atoms with van der Waals surface area (Å²) in [5, 5.41) is 10.2.